The Kier molecular flexibility index (Phi) is 7.93. The van der Waals surface area contributed by atoms with Gasteiger partial charge in [0.25, 0.3) is 5.91 Å². The normalized spacial score (nSPS) is 11.2. The molecule has 3 N–H and O–H groups in total. The summed E-state index contributed by atoms with van der Waals surface area (Å²) >= 11 is 0. The summed E-state index contributed by atoms with van der Waals surface area (Å²) in [6.07, 6.45) is 4.66. The number of aromatic nitrogens is 6. The van der Waals surface area contributed by atoms with Gasteiger partial charge in [-0.05, 0) is 75.1 Å². The fraction of sp³-hybridized carbons (Fsp3) is 0.161. The number of benzene rings is 2. The minimum atomic E-state index is -0.522. The molecule has 0 saturated heterocycles. The third-order valence-corrected chi connectivity index (χ3v) is 6.72. The second-order valence-corrected chi connectivity index (χ2v) is 10.1. The van der Waals surface area contributed by atoms with Crippen molar-refractivity contribution in [2.24, 2.45) is 0 Å². The molecule has 0 bridgehead atoms. The Morgan fingerprint density at radius 1 is 1.07 bits per heavy atom. The number of imidazole rings is 1. The maximum absolute atomic E-state index is 13.6. The van der Waals surface area contributed by atoms with Gasteiger partial charge in [0, 0.05) is 35.2 Å². The lowest BCUT2D eigenvalue weighted by molar-refractivity contribution is 0.102. The number of nitrogens with zero attached hydrogens (tertiary/aromatic N) is 6. The van der Waals surface area contributed by atoms with Gasteiger partial charge in [-0.2, -0.15) is 4.98 Å². The Morgan fingerprint density at radius 3 is 2.73 bits per heavy atom. The van der Waals surface area contributed by atoms with Crippen LogP contribution < -0.4 is 15.4 Å². The van der Waals surface area contributed by atoms with Crippen LogP contribution in [0, 0.1) is 12.7 Å². The fourth-order valence-electron chi connectivity index (χ4n) is 4.44. The van der Waals surface area contributed by atoms with Crippen molar-refractivity contribution in [1.82, 2.24) is 34.8 Å². The molecule has 4 heterocycles. The van der Waals surface area contributed by atoms with Gasteiger partial charge < -0.3 is 29.7 Å². The average molecular weight is 594 g/mol. The number of carbonyl (C=O) groups is 1. The largest absolute Gasteiger partial charge is 0.449 e. The number of aromatic amines is 1. The number of anilines is 3. The molecule has 1 amide bonds. The van der Waals surface area contributed by atoms with Crippen LogP contribution in [0.25, 0.3) is 33.7 Å². The van der Waals surface area contributed by atoms with Crippen LogP contribution in [0.2, 0.25) is 0 Å². The molecule has 0 atom stereocenters. The molecular formula is C31H28FN9O3. The van der Waals surface area contributed by atoms with E-state index in [0.29, 0.717) is 52.8 Å². The van der Waals surface area contributed by atoms with Crippen LogP contribution in [0.15, 0.2) is 77.9 Å². The second-order valence-electron chi connectivity index (χ2n) is 10.1. The Morgan fingerprint density at radius 2 is 1.91 bits per heavy atom. The standard InChI is InChI=1S/C31H28FN9O3/c1-18-6-11-21(15-23(18)39-28-22(5-4-12-33-28)24-25-29(36-16-34-24)37-17-35-25)38-30(42)26-27(19-7-9-20(32)10-8-19)44-31(40-26)43-14-13-41(2)3/h4-12,15-17H,13-14H2,1-3H3,(H,33,39)(H,38,42)(H,34,35,36,37). The van der Waals surface area contributed by atoms with Gasteiger partial charge in [-0.1, -0.05) is 6.07 Å². The molecular weight excluding hydrogens is 565 g/mol. The summed E-state index contributed by atoms with van der Waals surface area (Å²) in [6, 6.07) is 14.8. The van der Waals surface area contributed by atoms with Crippen molar-refractivity contribution in [3.05, 3.63) is 90.5 Å². The Hall–Kier alpha value is -5.69. The van der Waals surface area contributed by atoms with E-state index in [1.165, 1.54) is 30.6 Å². The summed E-state index contributed by atoms with van der Waals surface area (Å²) in [6.45, 7) is 2.87. The van der Waals surface area contributed by atoms with E-state index in [1.807, 2.05) is 44.1 Å². The second kappa shape index (κ2) is 12.3. The maximum atomic E-state index is 13.6. The predicted molar refractivity (Wildman–Crippen MR) is 163 cm³/mol. The number of aryl methyl sites for hydroxylation is 1. The molecule has 6 rings (SSSR count). The molecule has 44 heavy (non-hydrogen) atoms. The van der Waals surface area contributed by atoms with E-state index >= 15 is 0 Å². The smallest absolute Gasteiger partial charge is 0.394 e. The van der Waals surface area contributed by atoms with Crippen LogP contribution in [0.4, 0.5) is 21.6 Å². The summed E-state index contributed by atoms with van der Waals surface area (Å²) in [5.74, 6) is -0.214. The van der Waals surface area contributed by atoms with Crippen LogP contribution in [0.3, 0.4) is 0 Å². The van der Waals surface area contributed by atoms with Crippen LogP contribution in [-0.2, 0) is 0 Å². The Bertz CT molecular complexity index is 1940. The van der Waals surface area contributed by atoms with Gasteiger partial charge in [-0.15, -0.1) is 0 Å². The molecule has 0 saturated carbocycles. The van der Waals surface area contributed by atoms with Gasteiger partial charge in [0.1, 0.15) is 35.8 Å². The van der Waals surface area contributed by atoms with Gasteiger partial charge >= 0.3 is 6.08 Å². The minimum Gasteiger partial charge on any atom is -0.449 e. The number of amides is 1. The van der Waals surface area contributed by atoms with Crippen LogP contribution in [-0.4, -0.2) is 68.0 Å². The van der Waals surface area contributed by atoms with Crippen molar-refractivity contribution in [3.63, 3.8) is 0 Å². The van der Waals surface area contributed by atoms with E-state index in [4.69, 9.17) is 9.15 Å². The number of hydrogen-bond donors (Lipinski definition) is 3. The first-order chi connectivity index (χ1) is 21.4. The number of oxazole rings is 1. The molecule has 0 fully saturated rings. The zero-order valence-corrected chi connectivity index (χ0v) is 24.1. The minimum absolute atomic E-state index is 0.00494. The van der Waals surface area contributed by atoms with Gasteiger partial charge in [0.2, 0.25) is 0 Å². The highest BCUT2D eigenvalue weighted by atomic mass is 19.1. The third-order valence-electron chi connectivity index (χ3n) is 6.72. The van der Waals surface area contributed by atoms with Crippen molar-refractivity contribution in [2.45, 2.75) is 6.92 Å². The van der Waals surface area contributed by atoms with Gasteiger partial charge in [0.05, 0.1) is 6.33 Å². The number of fused-ring (bicyclic) bond motifs is 1. The molecule has 4 aromatic heterocycles. The van der Waals surface area contributed by atoms with E-state index in [-0.39, 0.29) is 17.5 Å². The highest BCUT2D eigenvalue weighted by Crippen LogP contribution is 2.33. The monoisotopic (exact) mass is 593 g/mol. The highest BCUT2D eigenvalue weighted by Gasteiger charge is 2.23. The molecule has 222 valence electrons. The zero-order valence-electron chi connectivity index (χ0n) is 24.1. The Labute approximate surface area is 251 Å². The number of H-pyrrole nitrogens is 1. The lowest BCUT2D eigenvalue weighted by Crippen LogP contribution is -2.19. The average Bonchev–Trinajstić information content (AvgIpc) is 3.67. The van der Waals surface area contributed by atoms with E-state index in [1.54, 1.807) is 24.7 Å². The van der Waals surface area contributed by atoms with Crippen molar-refractivity contribution in [3.8, 4) is 28.7 Å². The molecule has 6 aromatic rings. The number of carbonyl (C=O) groups excluding carboxylic acids is 1. The molecule has 0 spiro atoms. The quantitative estimate of drug-likeness (QED) is 0.187. The summed E-state index contributed by atoms with van der Waals surface area (Å²) < 4.78 is 25.1. The van der Waals surface area contributed by atoms with Crippen molar-refractivity contribution in [1.29, 1.82) is 0 Å². The number of likely N-dealkylation sites (N-methyl/N-ethyl adjacent to an activating group) is 1. The van der Waals surface area contributed by atoms with Crippen LogP contribution >= 0.6 is 0 Å². The molecule has 0 aliphatic rings. The number of rotatable bonds is 10. The van der Waals surface area contributed by atoms with Crippen LogP contribution in [0.5, 0.6) is 6.08 Å². The SMILES string of the molecule is Cc1ccc(NC(=O)c2nc(OCCN(C)C)oc2-c2ccc(F)cc2)cc1Nc1ncccc1-c1ncnc2[nH]cnc12. The molecule has 2 aromatic carbocycles. The topological polar surface area (TPSA) is 147 Å². The number of nitrogens with one attached hydrogen (secondary N) is 3. The lowest BCUT2D eigenvalue weighted by atomic mass is 10.1. The molecule has 13 heteroatoms. The molecule has 12 nitrogen and oxygen atoms in total. The Balaban J connectivity index is 1.28. The number of pyridine rings is 1. The number of hydrogen-bond acceptors (Lipinski definition) is 10. The van der Waals surface area contributed by atoms with Crippen LogP contribution in [0.1, 0.15) is 16.1 Å². The molecule has 0 aliphatic heterocycles. The lowest BCUT2D eigenvalue weighted by Gasteiger charge is -2.14. The first-order valence-electron chi connectivity index (χ1n) is 13.7. The van der Waals surface area contributed by atoms with E-state index in [9.17, 15) is 9.18 Å². The zero-order chi connectivity index (χ0) is 30.6. The first-order valence-corrected chi connectivity index (χ1v) is 13.7. The third kappa shape index (κ3) is 6.08. The summed E-state index contributed by atoms with van der Waals surface area (Å²) in [5, 5.41) is 6.27. The molecule has 0 aliphatic carbocycles. The summed E-state index contributed by atoms with van der Waals surface area (Å²) in [7, 11) is 3.82. The van der Waals surface area contributed by atoms with Crippen molar-refractivity contribution >= 4 is 34.3 Å². The highest BCUT2D eigenvalue weighted by molar-refractivity contribution is 6.06. The predicted octanol–water partition coefficient (Wildman–Crippen LogP) is 5.45. The first kappa shape index (κ1) is 28.4. The molecule has 0 unspecified atom stereocenters. The van der Waals surface area contributed by atoms with Gasteiger partial charge in [-0.25, -0.2) is 24.3 Å². The summed E-state index contributed by atoms with van der Waals surface area (Å²) in [5.41, 5.74) is 5.20. The van der Waals surface area contributed by atoms with E-state index in [2.05, 4.69) is 40.5 Å². The van der Waals surface area contributed by atoms with Gasteiger partial charge in [-0.3, -0.25) is 4.79 Å². The number of halogens is 1. The summed E-state index contributed by atoms with van der Waals surface area (Å²) in [4.78, 5) is 40.4. The van der Waals surface area contributed by atoms with Crippen molar-refractivity contribution in [2.75, 3.05) is 37.9 Å². The maximum Gasteiger partial charge on any atom is 0.394 e. The van der Waals surface area contributed by atoms with E-state index in [0.717, 1.165) is 11.1 Å². The van der Waals surface area contributed by atoms with Gasteiger partial charge in [0.15, 0.2) is 17.1 Å². The number of ether oxygens (including phenoxy) is 1. The molecule has 0 radical (unpaired) electrons. The van der Waals surface area contributed by atoms with E-state index < -0.39 is 11.7 Å². The van der Waals surface area contributed by atoms with Crippen molar-refractivity contribution < 1.29 is 18.3 Å². The fourth-order valence-corrected chi connectivity index (χ4v) is 4.44.